The molecule has 2 aliphatic rings. The topological polar surface area (TPSA) is 41.8 Å². The lowest BCUT2D eigenvalue weighted by atomic mass is 9.88. The number of fused-ring (bicyclic) bond motifs is 2. The standard InChI is InChI=1S/C12H13NO2/c14-13-11-3-1-2-8-6-9-4-5-15-12(9)7-10(8)11/h6-7,14H,1-5H2/b13-11+. The predicted molar refractivity (Wildman–Crippen MR) is 56.9 cm³/mol. The molecule has 1 heterocycles. The minimum absolute atomic E-state index is 0.782. The molecule has 0 amide bonds. The second-order valence-electron chi connectivity index (χ2n) is 4.12. The third-order valence-electron chi connectivity index (χ3n) is 3.21. The summed E-state index contributed by atoms with van der Waals surface area (Å²) in [4.78, 5) is 0. The van der Waals surface area contributed by atoms with Crippen LogP contribution >= 0.6 is 0 Å². The molecule has 0 saturated heterocycles. The molecule has 78 valence electrons. The maximum Gasteiger partial charge on any atom is 0.123 e. The zero-order valence-corrected chi connectivity index (χ0v) is 8.49. The summed E-state index contributed by atoms with van der Waals surface area (Å²) < 4.78 is 5.52. The lowest BCUT2D eigenvalue weighted by Crippen LogP contribution is -2.12. The van der Waals surface area contributed by atoms with Gasteiger partial charge in [-0.25, -0.2) is 0 Å². The summed E-state index contributed by atoms with van der Waals surface area (Å²) in [6.45, 7) is 0.782. The fourth-order valence-corrected chi connectivity index (χ4v) is 2.44. The summed E-state index contributed by atoms with van der Waals surface area (Å²) in [6, 6.07) is 4.24. The van der Waals surface area contributed by atoms with E-state index >= 15 is 0 Å². The van der Waals surface area contributed by atoms with Crippen molar-refractivity contribution >= 4 is 5.71 Å². The van der Waals surface area contributed by atoms with Crippen LogP contribution in [-0.4, -0.2) is 17.5 Å². The molecule has 0 bridgehead atoms. The normalized spacial score (nSPS) is 20.9. The average molecular weight is 203 g/mol. The molecule has 3 heteroatoms. The second kappa shape index (κ2) is 3.26. The first kappa shape index (κ1) is 8.77. The third kappa shape index (κ3) is 1.30. The summed E-state index contributed by atoms with van der Waals surface area (Å²) in [5.74, 6) is 0.969. The van der Waals surface area contributed by atoms with Crippen LogP contribution < -0.4 is 4.74 Å². The summed E-state index contributed by atoms with van der Waals surface area (Å²) in [6.07, 6.45) is 4.03. The number of oxime groups is 1. The highest BCUT2D eigenvalue weighted by atomic mass is 16.5. The lowest BCUT2D eigenvalue weighted by Gasteiger charge is -2.17. The second-order valence-corrected chi connectivity index (χ2v) is 4.12. The van der Waals surface area contributed by atoms with Crippen LogP contribution in [0.25, 0.3) is 0 Å². The van der Waals surface area contributed by atoms with Gasteiger partial charge in [-0.1, -0.05) is 11.2 Å². The van der Waals surface area contributed by atoms with Gasteiger partial charge in [-0.05, 0) is 36.5 Å². The molecule has 15 heavy (non-hydrogen) atoms. The van der Waals surface area contributed by atoms with E-state index in [1.165, 1.54) is 11.1 Å². The van der Waals surface area contributed by atoms with Crippen molar-refractivity contribution in [3.05, 3.63) is 28.8 Å². The van der Waals surface area contributed by atoms with E-state index in [0.29, 0.717) is 0 Å². The molecule has 1 aromatic rings. The SMILES string of the molecule is O/N=C1\CCCc2cc3c(cc21)OCC3. The van der Waals surface area contributed by atoms with E-state index in [2.05, 4.69) is 11.2 Å². The molecule has 0 radical (unpaired) electrons. The van der Waals surface area contributed by atoms with Gasteiger partial charge in [0.25, 0.3) is 0 Å². The molecule has 3 rings (SSSR count). The number of hydrogen-bond acceptors (Lipinski definition) is 3. The maximum absolute atomic E-state index is 8.93. The molecular formula is C12H13NO2. The van der Waals surface area contributed by atoms with Crippen LogP contribution in [0.3, 0.4) is 0 Å². The largest absolute Gasteiger partial charge is 0.493 e. The fraction of sp³-hybridized carbons (Fsp3) is 0.417. The van der Waals surface area contributed by atoms with E-state index in [0.717, 1.165) is 49.3 Å². The van der Waals surface area contributed by atoms with Crippen molar-refractivity contribution in [1.82, 2.24) is 0 Å². The molecular weight excluding hydrogens is 190 g/mol. The highest BCUT2D eigenvalue weighted by molar-refractivity contribution is 6.02. The molecule has 0 fully saturated rings. The van der Waals surface area contributed by atoms with E-state index in [1.807, 2.05) is 6.07 Å². The van der Waals surface area contributed by atoms with E-state index in [4.69, 9.17) is 9.94 Å². The van der Waals surface area contributed by atoms with Gasteiger partial charge in [0.1, 0.15) is 5.75 Å². The Labute approximate surface area is 88.4 Å². The predicted octanol–water partition coefficient (Wildman–Crippen LogP) is 2.14. The molecule has 1 aliphatic heterocycles. The first-order valence-electron chi connectivity index (χ1n) is 5.38. The highest BCUT2D eigenvalue weighted by Gasteiger charge is 2.21. The summed E-state index contributed by atoms with van der Waals surface area (Å²) in [5, 5.41) is 12.3. The van der Waals surface area contributed by atoms with Crippen molar-refractivity contribution in [3.63, 3.8) is 0 Å². The van der Waals surface area contributed by atoms with Crippen LogP contribution in [0.15, 0.2) is 17.3 Å². The Kier molecular flexibility index (Phi) is 1.91. The zero-order valence-electron chi connectivity index (χ0n) is 8.49. The van der Waals surface area contributed by atoms with Crippen molar-refractivity contribution < 1.29 is 9.94 Å². The number of aryl methyl sites for hydroxylation is 1. The van der Waals surface area contributed by atoms with Gasteiger partial charge in [0.2, 0.25) is 0 Å². The molecule has 0 aromatic heterocycles. The Morgan fingerprint density at radius 2 is 2.07 bits per heavy atom. The van der Waals surface area contributed by atoms with E-state index < -0.39 is 0 Å². The zero-order chi connectivity index (χ0) is 10.3. The van der Waals surface area contributed by atoms with Gasteiger partial charge in [-0.3, -0.25) is 0 Å². The van der Waals surface area contributed by atoms with Crippen molar-refractivity contribution in [2.45, 2.75) is 25.7 Å². The Hall–Kier alpha value is -1.51. The van der Waals surface area contributed by atoms with E-state index in [-0.39, 0.29) is 0 Å². The van der Waals surface area contributed by atoms with Gasteiger partial charge < -0.3 is 9.94 Å². The van der Waals surface area contributed by atoms with Crippen LogP contribution in [0.4, 0.5) is 0 Å². The monoisotopic (exact) mass is 203 g/mol. The Bertz CT molecular complexity index is 437. The van der Waals surface area contributed by atoms with Gasteiger partial charge >= 0.3 is 0 Å². The molecule has 0 spiro atoms. The Morgan fingerprint density at radius 3 is 2.93 bits per heavy atom. The van der Waals surface area contributed by atoms with Crippen LogP contribution in [0.1, 0.15) is 29.5 Å². The van der Waals surface area contributed by atoms with Gasteiger partial charge in [-0.15, -0.1) is 0 Å². The average Bonchev–Trinajstić information content (AvgIpc) is 2.72. The van der Waals surface area contributed by atoms with Gasteiger partial charge in [0.05, 0.1) is 12.3 Å². The minimum atomic E-state index is 0.782. The van der Waals surface area contributed by atoms with Crippen molar-refractivity contribution in [3.8, 4) is 5.75 Å². The summed E-state index contributed by atoms with van der Waals surface area (Å²) in [7, 11) is 0. The summed E-state index contributed by atoms with van der Waals surface area (Å²) in [5.41, 5.74) is 4.48. The number of ether oxygens (including phenoxy) is 1. The first-order valence-corrected chi connectivity index (χ1v) is 5.38. The van der Waals surface area contributed by atoms with Crippen molar-refractivity contribution in [1.29, 1.82) is 0 Å². The Balaban J connectivity index is 2.16. The quantitative estimate of drug-likeness (QED) is 0.518. The van der Waals surface area contributed by atoms with Gasteiger partial charge in [-0.2, -0.15) is 0 Å². The number of nitrogens with zero attached hydrogens (tertiary/aromatic N) is 1. The minimum Gasteiger partial charge on any atom is -0.493 e. The Morgan fingerprint density at radius 1 is 1.13 bits per heavy atom. The fourth-order valence-electron chi connectivity index (χ4n) is 2.44. The molecule has 1 aromatic carbocycles. The van der Waals surface area contributed by atoms with Crippen LogP contribution in [0, 0.1) is 0 Å². The number of rotatable bonds is 0. The van der Waals surface area contributed by atoms with E-state index in [1.54, 1.807) is 0 Å². The van der Waals surface area contributed by atoms with Crippen LogP contribution in [0.2, 0.25) is 0 Å². The molecule has 0 unspecified atom stereocenters. The van der Waals surface area contributed by atoms with Crippen molar-refractivity contribution in [2.75, 3.05) is 6.61 Å². The van der Waals surface area contributed by atoms with Gasteiger partial charge in [0, 0.05) is 12.0 Å². The third-order valence-corrected chi connectivity index (χ3v) is 3.21. The molecule has 0 saturated carbocycles. The molecule has 1 aliphatic carbocycles. The molecule has 3 nitrogen and oxygen atoms in total. The van der Waals surface area contributed by atoms with Gasteiger partial charge in [0.15, 0.2) is 0 Å². The van der Waals surface area contributed by atoms with Crippen molar-refractivity contribution in [2.24, 2.45) is 5.16 Å². The number of benzene rings is 1. The lowest BCUT2D eigenvalue weighted by molar-refractivity contribution is 0.317. The highest BCUT2D eigenvalue weighted by Crippen LogP contribution is 2.32. The first-order chi connectivity index (χ1) is 7.38. The smallest absolute Gasteiger partial charge is 0.123 e. The van der Waals surface area contributed by atoms with Crippen LogP contribution in [-0.2, 0) is 12.8 Å². The summed E-state index contributed by atoms with van der Waals surface area (Å²) >= 11 is 0. The van der Waals surface area contributed by atoms with Crippen LogP contribution in [0.5, 0.6) is 5.75 Å². The molecule has 0 atom stereocenters. The maximum atomic E-state index is 8.93. The number of hydrogen-bond donors (Lipinski definition) is 1. The molecule has 1 N–H and O–H groups in total. The van der Waals surface area contributed by atoms with E-state index in [9.17, 15) is 0 Å².